The fraction of sp³-hybridized carbons (Fsp3) is 1.00. The third kappa shape index (κ3) is 1.21. The van der Waals surface area contributed by atoms with Crippen molar-refractivity contribution in [3.8, 4) is 0 Å². The molecule has 1 heteroatoms. The molecule has 0 aliphatic heterocycles. The van der Waals surface area contributed by atoms with Crippen LogP contribution in [-0.4, -0.2) is 11.7 Å². The van der Waals surface area contributed by atoms with Crippen molar-refractivity contribution in [1.82, 2.24) is 0 Å². The number of fused-ring (bicyclic) bond motifs is 1. The van der Waals surface area contributed by atoms with Crippen LogP contribution >= 0.6 is 0 Å². The first-order valence-electron chi connectivity index (χ1n) is 6.94. The highest BCUT2D eigenvalue weighted by Crippen LogP contribution is 2.75. The Labute approximate surface area is 99.6 Å². The summed E-state index contributed by atoms with van der Waals surface area (Å²) in [5, 5.41) is 9.35. The monoisotopic (exact) mass is 222 g/mol. The number of aliphatic hydroxyl groups excluding tert-OH is 1. The van der Waals surface area contributed by atoms with Crippen molar-refractivity contribution in [3.63, 3.8) is 0 Å². The van der Waals surface area contributed by atoms with Crippen molar-refractivity contribution in [2.45, 2.75) is 53.4 Å². The maximum Gasteiger partial charge on any atom is 0.0487 e. The van der Waals surface area contributed by atoms with E-state index in [1.807, 2.05) is 0 Å². The van der Waals surface area contributed by atoms with E-state index in [4.69, 9.17) is 0 Å². The predicted molar refractivity (Wildman–Crippen MR) is 66.0 cm³/mol. The fourth-order valence-corrected chi connectivity index (χ4v) is 4.49. The van der Waals surface area contributed by atoms with Crippen molar-refractivity contribution in [3.05, 3.63) is 0 Å². The molecule has 0 radical (unpaired) electrons. The van der Waals surface area contributed by atoms with E-state index in [1.54, 1.807) is 0 Å². The van der Waals surface area contributed by atoms with Crippen LogP contribution in [0.2, 0.25) is 0 Å². The lowest BCUT2D eigenvalue weighted by molar-refractivity contribution is 0.126. The molecule has 16 heavy (non-hydrogen) atoms. The number of hydrogen-bond acceptors (Lipinski definition) is 1. The number of rotatable bonds is 3. The third-order valence-electron chi connectivity index (χ3n) is 6.94. The van der Waals surface area contributed by atoms with E-state index in [0.29, 0.717) is 17.4 Å². The molecule has 3 rings (SSSR count). The molecular formula is C15H26O. The normalized spacial score (nSPS) is 57.2. The highest BCUT2D eigenvalue weighted by molar-refractivity contribution is 5.16. The Morgan fingerprint density at radius 2 is 1.75 bits per heavy atom. The predicted octanol–water partition coefficient (Wildman–Crippen LogP) is 3.47. The van der Waals surface area contributed by atoms with Gasteiger partial charge in [-0.25, -0.2) is 0 Å². The molecule has 1 N–H and O–H groups in total. The highest BCUT2D eigenvalue weighted by Gasteiger charge is 2.68. The van der Waals surface area contributed by atoms with Gasteiger partial charge in [0.2, 0.25) is 0 Å². The number of hydrogen-bond donors (Lipinski definition) is 1. The van der Waals surface area contributed by atoms with E-state index in [0.717, 1.165) is 17.8 Å². The summed E-state index contributed by atoms with van der Waals surface area (Å²) < 4.78 is 0. The van der Waals surface area contributed by atoms with Gasteiger partial charge in [-0.1, -0.05) is 27.7 Å². The second kappa shape index (κ2) is 2.85. The van der Waals surface area contributed by atoms with Crippen molar-refractivity contribution < 1.29 is 5.11 Å². The molecule has 5 atom stereocenters. The second-order valence-corrected chi connectivity index (χ2v) is 7.92. The van der Waals surface area contributed by atoms with Gasteiger partial charge in [0.05, 0.1) is 0 Å². The average molecular weight is 222 g/mol. The van der Waals surface area contributed by atoms with Crippen LogP contribution in [0.4, 0.5) is 0 Å². The van der Waals surface area contributed by atoms with Gasteiger partial charge in [0.15, 0.2) is 0 Å². The Balaban J connectivity index is 1.66. The molecule has 0 amide bonds. The minimum Gasteiger partial charge on any atom is -0.396 e. The molecule has 0 aromatic rings. The molecule has 3 fully saturated rings. The van der Waals surface area contributed by atoms with Gasteiger partial charge in [-0.05, 0) is 59.7 Å². The van der Waals surface area contributed by atoms with Gasteiger partial charge in [-0.2, -0.15) is 0 Å². The van der Waals surface area contributed by atoms with Crippen LogP contribution < -0.4 is 0 Å². The van der Waals surface area contributed by atoms with E-state index in [9.17, 15) is 5.11 Å². The maximum atomic E-state index is 9.35. The van der Waals surface area contributed by atoms with Gasteiger partial charge in [0.1, 0.15) is 0 Å². The molecular weight excluding hydrogens is 196 g/mol. The molecule has 0 spiro atoms. The SMILES string of the molecule is CC1(C)C(C[C@H]2C[C@]2(C)CO)CC2CC21C. The molecule has 3 saturated carbocycles. The van der Waals surface area contributed by atoms with Crippen LogP contribution in [-0.2, 0) is 0 Å². The van der Waals surface area contributed by atoms with Crippen molar-refractivity contribution in [1.29, 1.82) is 0 Å². The van der Waals surface area contributed by atoms with Gasteiger partial charge in [-0.3, -0.25) is 0 Å². The minimum absolute atomic E-state index is 0.282. The van der Waals surface area contributed by atoms with Gasteiger partial charge in [0, 0.05) is 6.61 Å². The van der Waals surface area contributed by atoms with E-state index >= 15 is 0 Å². The minimum atomic E-state index is 0.282. The Bertz CT molecular complexity index is 321. The lowest BCUT2D eigenvalue weighted by atomic mass is 9.69. The molecule has 0 heterocycles. The average Bonchev–Trinajstić information content (AvgIpc) is 3.03. The van der Waals surface area contributed by atoms with Gasteiger partial charge >= 0.3 is 0 Å². The second-order valence-electron chi connectivity index (χ2n) is 7.92. The van der Waals surface area contributed by atoms with Crippen LogP contribution in [0.3, 0.4) is 0 Å². The maximum absolute atomic E-state index is 9.35. The van der Waals surface area contributed by atoms with E-state index < -0.39 is 0 Å². The molecule has 3 unspecified atom stereocenters. The summed E-state index contributed by atoms with van der Waals surface area (Å²) in [4.78, 5) is 0. The summed E-state index contributed by atoms with van der Waals surface area (Å²) >= 11 is 0. The lowest BCUT2D eigenvalue weighted by Crippen LogP contribution is -2.28. The van der Waals surface area contributed by atoms with Crippen LogP contribution in [0.15, 0.2) is 0 Å². The fourth-order valence-electron chi connectivity index (χ4n) is 4.49. The molecule has 0 bridgehead atoms. The third-order valence-corrected chi connectivity index (χ3v) is 6.94. The Morgan fingerprint density at radius 3 is 2.19 bits per heavy atom. The summed E-state index contributed by atoms with van der Waals surface area (Å²) in [6, 6.07) is 0. The van der Waals surface area contributed by atoms with Crippen LogP contribution in [0.1, 0.15) is 53.4 Å². The standard InChI is InChI=1S/C15H26O/c1-13(2)10(6-12-8-15(12,13)4)5-11-7-14(11,3)9-16/h10-12,16H,5-9H2,1-4H3/t10?,11-,12?,14+,15?/m0/s1. The molecule has 1 nitrogen and oxygen atoms in total. The van der Waals surface area contributed by atoms with Crippen LogP contribution in [0.5, 0.6) is 0 Å². The van der Waals surface area contributed by atoms with E-state index in [1.165, 1.54) is 25.7 Å². The zero-order valence-corrected chi connectivity index (χ0v) is 11.2. The quantitative estimate of drug-likeness (QED) is 0.775. The smallest absolute Gasteiger partial charge is 0.0487 e. The molecule has 3 aliphatic carbocycles. The summed E-state index contributed by atoms with van der Waals surface area (Å²) in [7, 11) is 0. The van der Waals surface area contributed by atoms with Crippen molar-refractivity contribution in [2.75, 3.05) is 6.61 Å². The van der Waals surface area contributed by atoms with Gasteiger partial charge < -0.3 is 5.11 Å². The van der Waals surface area contributed by atoms with Crippen LogP contribution in [0, 0.1) is 34.0 Å². The Hall–Kier alpha value is -0.0400. The highest BCUT2D eigenvalue weighted by atomic mass is 16.3. The van der Waals surface area contributed by atoms with E-state index in [-0.39, 0.29) is 5.41 Å². The molecule has 3 aliphatic rings. The lowest BCUT2D eigenvalue weighted by Gasteiger charge is -2.36. The molecule has 0 aromatic carbocycles. The summed E-state index contributed by atoms with van der Waals surface area (Å²) in [6.45, 7) is 10.1. The first kappa shape index (κ1) is 11.1. The van der Waals surface area contributed by atoms with Gasteiger partial charge in [0.25, 0.3) is 0 Å². The first-order valence-corrected chi connectivity index (χ1v) is 6.94. The molecule has 0 saturated heterocycles. The summed E-state index contributed by atoms with van der Waals surface area (Å²) in [5.41, 5.74) is 1.47. The summed E-state index contributed by atoms with van der Waals surface area (Å²) in [5.74, 6) is 2.74. The first-order chi connectivity index (χ1) is 7.33. The van der Waals surface area contributed by atoms with Crippen molar-refractivity contribution in [2.24, 2.45) is 34.0 Å². The largest absolute Gasteiger partial charge is 0.396 e. The number of aliphatic hydroxyl groups is 1. The Kier molecular flexibility index (Phi) is 1.98. The van der Waals surface area contributed by atoms with Crippen molar-refractivity contribution >= 4 is 0 Å². The zero-order valence-electron chi connectivity index (χ0n) is 11.2. The topological polar surface area (TPSA) is 20.2 Å². The van der Waals surface area contributed by atoms with Gasteiger partial charge in [-0.15, -0.1) is 0 Å². The molecule has 92 valence electrons. The van der Waals surface area contributed by atoms with Crippen LogP contribution in [0.25, 0.3) is 0 Å². The molecule has 0 aromatic heterocycles. The van der Waals surface area contributed by atoms with E-state index in [2.05, 4.69) is 27.7 Å². The Morgan fingerprint density at radius 1 is 1.06 bits per heavy atom. The zero-order chi connectivity index (χ0) is 11.8. The summed E-state index contributed by atoms with van der Waals surface area (Å²) in [6.07, 6.45) is 5.56.